The van der Waals surface area contributed by atoms with E-state index in [4.69, 9.17) is 4.74 Å². The molecule has 1 heterocycles. The van der Waals surface area contributed by atoms with Gasteiger partial charge in [0.1, 0.15) is 5.75 Å². The van der Waals surface area contributed by atoms with Crippen molar-refractivity contribution in [2.75, 3.05) is 31.6 Å². The van der Waals surface area contributed by atoms with Gasteiger partial charge in [-0.25, -0.2) is 0 Å². The zero-order chi connectivity index (χ0) is 18.4. The highest BCUT2D eigenvalue weighted by atomic mass is 16.6. The van der Waals surface area contributed by atoms with Gasteiger partial charge in [-0.3, -0.25) is 10.1 Å². The minimum Gasteiger partial charge on any atom is -0.497 e. The molecular weight excluding hydrogens is 330 g/mol. The molecule has 138 valence electrons. The summed E-state index contributed by atoms with van der Waals surface area (Å²) in [4.78, 5) is 12.7. The van der Waals surface area contributed by atoms with Crippen molar-refractivity contribution in [3.63, 3.8) is 0 Å². The molecule has 1 aliphatic rings. The second-order valence-corrected chi connectivity index (χ2v) is 6.59. The highest BCUT2D eigenvalue weighted by Crippen LogP contribution is 2.23. The van der Waals surface area contributed by atoms with Gasteiger partial charge in [-0.05, 0) is 55.6 Å². The van der Waals surface area contributed by atoms with Gasteiger partial charge in [-0.1, -0.05) is 12.1 Å². The smallest absolute Gasteiger partial charge is 0.269 e. The summed E-state index contributed by atoms with van der Waals surface area (Å²) in [5, 5.41) is 14.4. The summed E-state index contributed by atoms with van der Waals surface area (Å²) in [5.41, 5.74) is 2.51. The van der Waals surface area contributed by atoms with Crippen LogP contribution in [0.25, 0.3) is 0 Å². The summed E-state index contributed by atoms with van der Waals surface area (Å²) < 4.78 is 5.18. The minimum absolute atomic E-state index is 0.142. The molecular formula is C20H25N3O3. The Labute approximate surface area is 153 Å². The predicted octanol–water partition coefficient (Wildman–Crippen LogP) is 3.40. The predicted molar refractivity (Wildman–Crippen MR) is 103 cm³/mol. The molecule has 0 atom stereocenters. The Hall–Kier alpha value is -2.60. The van der Waals surface area contributed by atoms with E-state index in [0.717, 1.165) is 50.3 Å². The third kappa shape index (κ3) is 4.73. The fraction of sp³-hybridized carbons (Fsp3) is 0.400. The molecule has 1 aliphatic heterocycles. The van der Waals surface area contributed by atoms with Crippen LogP contribution in [0.15, 0.2) is 48.5 Å². The monoisotopic (exact) mass is 355 g/mol. The molecule has 1 N–H and O–H groups in total. The molecule has 26 heavy (non-hydrogen) atoms. The number of anilines is 1. The Balaban J connectivity index is 1.41. The Morgan fingerprint density at radius 2 is 1.77 bits per heavy atom. The maximum atomic E-state index is 10.7. The van der Waals surface area contributed by atoms with E-state index in [1.54, 1.807) is 19.2 Å². The van der Waals surface area contributed by atoms with Crippen LogP contribution in [0.1, 0.15) is 18.4 Å². The van der Waals surface area contributed by atoms with Crippen molar-refractivity contribution >= 4 is 11.4 Å². The zero-order valence-electron chi connectivity index (χ0n) is 15.1. The average molecular weight is 355 g/mol. The van der Waals surface area contributed by atoms with Crippen LogP contribution in [0, 0.1) is 10.1 Å². The summed E-state index contributed by atoms with van der Waals surface area (Å²) in [6.07, 6.45) is 3.17. The number of methoxy groups -OCH3 is 1. The Kier molecular flexibility index (Phi) is 6.07. The van der Waals surface area contributed by atoms with E-state index in [0.29, 0.717) is 6.04 Å². The first-order valence-corrected chi connectivity index (χ1v) is 9.01. The Morgan fingerprint density at radius 1 is 1.12 bits per heavy atom. The molecule has 1 saturated heterocycles. The molecule has 6 heteroatoms. The van der Waals surface area contributed by atoms with E-state index in [1.807, 2.05) is 24.3 Å². The van der Waals surface area contributed by atoms with Crippen LogP contribution in [0.4, 0.5) is 11.4 Å². The lowest BCUT2D eigenvalue weighted by Crippen LogP contribution is -2.43. The number of benzene rings is 2. The van der Waals surface area contributed by atoms with Crippen molar-refractivity contribution in [1.82, 2.24) is 5.32 Å². The molecule has 2 aromatic carbocycles. The Bertz CT molecular complexity index is 708. The van der Waals surface area contributed by atoms with Crippen LogP contribution in [-0.2, 0) is 6.42 Å². The van der Waals surface area contributed by atoms with Crippen molar-refractivity contribution in [3.05, 3.63) is 64.2 Å². The van der Waals surface area contributed by atoms with E-state index in [9.17, 15) is 10.1 Å². The summed E-state index contributed by atoms with van der Waals surface area (Å²) >= 11 is 0. The molecule has 0 spiro atoms. The van der Waals surface area contributed by atoms with Crippen LogP contribution < -0.4 is 15.0 Å². The molecule has 0 aliphatic carbocycles. The minimum atomic E-state index is -0.358. The number of nitrogens with zero attached hydrogens (tertiary/aromatic N) is 2. The lowest BCUT2D eigenvalue weighted by atomic mass is 10.0. The fourth-order valence-corrected chi connectivity index (χ4v) is 3.34. The number of piperidine rings is 1. The molecule has 0 unspecified atom stereocenters. The van der Waals surface area contributed by atoms with Crippen molar-refractivity contribution in [2.24, 2.45) is 0 Å². The van der Waals surface area contributed by atoms with Gasteiger partial charge < -0.3 is 15.0 Å². The van der Waals surface area contributed by atoms with E-state index < -0.39 is 0 Å². The first-order chi connectivity index (χ1) is 12.7. The summed E-state index contributed by atoms with van der Waals surface area (Å²) in [5.74, 6) is 0.889. The van der Waals surface area contributed by atoms with Gasteiger partial charge in [0, 0.05) is 37.0 Å². The number of nitrogens with one attached hydrogen (secondary N) is 1. The number of rotatable bonds is 7. The van der Waals surface area contributed by atoms with Gasteiger partial charge in [-0.2, -0.15) is 0 Å². The van der Waals surface area contributed by atoms with Crippen molar-refractivity contribution in [3.8, 4) is 5.75 Å². The van der Waals surface area contributed by atoms with E-state index >= 15 is 0 Å². The van der Waals surface area contributed by atoms with Crippen molar-refractivity contribution in [2.45, 2.75) is 25.3 Å². The van der Waals surface area contributed by atoms with Crippen LogP contribution in [0.5, 0.6) is 5.75 Å². The number of nitro groups is 1. The highest BCUT2D eigenvalue weighted by molar-refractivity contribution is 5.51. The number of nitro benzene ring substituents is 1. The van der Waals surface area contributed by atoms with Gasteiger partial charge >= 0.3 is 0 Å². The summed E-state index contributed by atoms with van der Waals surface area (Å²) in [6.45, 7) is 2.91. The molecule has 3 rings (SSSR count). The van der Waals surface area contributed by atoms with Gasteiger partial charge in [-0.15, -0.1) is 0 Å². The number of ether oxygens (including phenoxy) is 1. The molecule has 1 fully saturated rings. The average Bonchev–Trinajstić information content (AvgIpc) is 2.69. The van der Waals surface area contributed by atoms with E-state index in [1.165, 1.54) is 5.56 Å². The Morgan fingerprint density at radius 3 is 2.35 bits per heavy atom. The van der Waals surface area contributed by atoms with Gasteiger partial charge in [0.2, 0.25) is 0 Å². The van der Waals surface area contributed by atoms with Crippen molar-refractivity contribution in [1.29, 1.82) is 0 Å². The van der Waals surface area contributed by atoms with Gasteiger partial charge in [0.25, 0.3) is 5.69 Å². The highest BCUT2D eigenvalue weighted by Gasteiger charge is 2.19. The summed E-state index contributed by atoms with van der Waals surface area (Å²) in [7, 11) is 1.68. The third-order valence-electron chi connectivity index (χ3n) is 4.93. The van der Waals surface area contributed by atoms with Crippen molar-refractivity contribution < 1.29 is 9.66 Å². The largest absolute Gasteiger partial charge is 0.497 e. The van der Waals surface area contributed by atoms with Crippen LogP contribution >= 0.6 is 0 Å². The molecule has 0 bridgehead atoms. The standard InChI is InChI=1S/C20H25N3O3/c1-26-20-8-2-16(3-9-20)10-13-21-17-11-14-22(15-12-17)18-4-6-19(7-5-18)23(24)25/h2-9,17,21H,10-15H2,1H3. The number of non-ortho nitro benzene ring substituents is 1. The van der Waals surface area contributed by atoms with E-state index in [-0.39, 0.29) is 10.6 Å². The SMILES string of the molecule is COc1ccc(CCNC2CCN(c3ccc([N+](=O)[O-])cc3)CC2)cc1. The van der Waals surface area contributed by atoms with Crippen LogP contribution in [0.2, 0.25) is 0 Å². The van der Waals surface area contributed by atoms with Gasteiger partial charge in [0.15, 0.2) is 0 Å². The van der Waals surface area contributed by atoms with Crippen LogP contribution in [0.3, 0.4) is 0 Å². The van der Waals surface area contributed by atoms with Gasteiger partial charge in [0.05, 0.1) is 12.0 Å². The molecule has 2 aromatic rings. The quantitative estimate of drug-likeness (QED) is 0.609. The molecule has 0 radical (unpaired) electrons. The number of hydrogen-bond donors (Lipinski definition) is 1. The maximum Gasteiger partial charge on any atom is 0.269 e. The normalized spacial score (nSPS) is 15.0. The third-order valence-corrected chi connectivity index (χ3v) is 4.93. The maximum absolute atomic E-state index is 10.7. The fourth-order valence-electron chi connectivity index (χ4n) is 3.34. The number of hydrogen-bond acceptors (Lipinski definition) is 5. The summed E-state index contributed by atoms with van der Waals surface area (Å²) in [6, 6.07) is 15.6. The lowest BCUT2D eigenvalue weighted by Gasteiger charge is -2.34. The first-order valence-electron chi connectivity index (χ1n) is 9.01. The van der Waals surface area contributed by atoms with E-state index in [2.05, 4.69) is 22.3 Å². The zero-order valence-corrected chi connectivity index (χ0v) is 15.1. The van der Waals surface area contributed by atoms with Crippen LogP contribution in [-0.4, -0.2) is 37.7 Å². The first kappa shape index (κ1) is 18.2. The molecule has 0 saturated carbocycles. The second-order valence-electron chi connectivity index (χ2n) is 6.59. The second kappa shape index (κ2) is 8.67. The molecule has 6 nitrogen and oxygen atoms in total. The topological polar surface area (TPSA) is 67.6 Å². The molecule has 0 amide bonds. The lowest BCUT2D eigenvalue weighted by molar-refractivity contribution is -0.384. The molecule has 0 aromatic heterocycles.